The molecular formula is C14H24O. The molecular weight excluding hydrogens is 184 g/mol. The summed E-state index contributed by atoms with van der Waals surface area (Å²) in [5.74, 6) is 0. The van der Waals surface area contributed by atoms with Gasteiger partial charge in [-0.25, -0.2) is 0 Å². The van der Waals surface area contributed by atoms with Gasteiger partial charge in [0.25, 0.3) is 0 Å². The Morgan fingerprint density at radius 1 is 0.933 bits per heavy atom. The minimum absolute atomic E-state index is 0.955. The van der Waals surface area contributed by atoms with E-state index in [1.54, 1.807) is 0 Å². The molecule has 1 N–H and O–H groups in total. The zero-order chi connectivity index (χ0) is 11.7. The zero-order valence-corrected chi connectivity index (χ0v) is 10.5. The van der Waals surface area contributed by atoms with Gasteiger partial charge in [0.1, 0.15) is 0 Å². The zero-order valence-electron chi connectivity index (χ0n) is 10.5. The largest absolute Gasteiger partial charge is 0.516 e. The van der Waals surface area contributed by atoms with Crippen molar-refractivity contribution in [2.24, 2.45) is 0 Å². The highest BCUT2D eigenvalue weighted by Crippen LogP contribution is 2.13. The van der Waals surface area contributed by atoms with Crippen LogP contribution in [0.2, 0.25) is 0 Å². The molecule has 86 valence electrons. The van der Waals surface area contributed by atoms with Crippen LogP contribution in [0.15, 0.2) is 35.1 Å². The van der Waals surface area contributed by atoms with Crippen molar-refractivity contribution >= 4 is 0 Å². The van der Waals surface area contributed by atoms with Gasteiger partial charge in [-0.1, -0.05) is 23.3 Å². The Kier molecular flexibility index (Phi) is 7.79. The van der Waals surface area contributed by atoms with Gasteiger partial charge in [-0.15, -0.1) is 0 Å². The Balaban J connectivity index is 3.80. The Morgan fingerprint density at radius 2 is 1.53 bits per heavy atom. The van der Waals surface area contributed by atoms with Gasteiger partial charge in [-0.2, -0.15) is 0 Å². The lowest BCUT2D eigenvalue weighted by molar-refractivity contribution is 0.464. The van der Waals surface area contributed by atoms with Gasteiger partial charge in [0.15, 0.2) is 0 Å². The van der Waals surface area contributed by atoms with E-state index in [0.29, 0.717) is 0 Å². The predicted octanol–water partition coefficient (Wildman–Crippen LogP) is 4.92. The number of aliphatic hydroxyl groups is 1. The Labute approximate surface area is 94.2 Å². The van der Waals surface area contributed by atoms with E-state index < -0.39 is 0 Å². The summed E-state index contributed by atoms with van der Waals surface area (Å²) in [6, 6.07) is 0. The summed E-state index contributed by atoms with van der Waals surface area (Å²) in [7, 11) is 0. The highest BCUT2D eigenvalue weighted by Gasteiger charge is 1.93. The number of hydrogen-bond donors (Lipinski definition) is 1. The monoisotopic (exact) mass is 208 g/mol. The van der Waals surface area contributed by atoms with Crippen LogP contribution in [-0.2, 0) is 0 Å². The maximum atomic E-state index is 8.72. The molecule has 0 aromatic heterocycles. The molecule has 1 heteroatoms. The number of hydrogen-bond acceptors (Lipinski definition) is 1. The van der Waals surface area contributed by atoms with Crippen LogP contribution in [-0.4, -0.2) is 5.11 Å². The molecule has 0 aromatic carbocycles. The highest BCUT2D eigenvalue weighted by molar-refractivity contribution is 5.05. The molecule has 0 fully saturated rings. The van der Waals surface area contributed by atoms with Crippen LogP contribution in [0.1, 0.15) is 53.4 Å². The molecule has 0 radical (unpaired) electrons. The molecule has 0 unspecified atom stereocenters. The van der Waals surface area contributed by atoms with Gasteiger partial charge in [0, 0.05) is 0 Å². The summed E-state index contributed by atoms with van der Waals surface area (Å²) in [4.78, 5) is 0. The minimum atomic E-state index is 0.955. The molecule has 0 heterocycles. The first-order valence-corrected chi connectivity index (χ1v) is 5.67. The van der Waals surface area contributed by atoms with E-state index in [4.69, 9.17) is 5.11 Å². The Hall–Kier alpha value is -0.980. The van der Waals surface area contributed by atoms with Crippen LogP contribution in [0, 0.1) is 0 Å². The maximum absolute atomic E-state index is 8.72. The van der Waals surface area contributed by atoms with Gasteiger partial charge < -0.3 is 5.11 Å². The molecule has 0 spiro atoms. The number of rotatable bonds is 6. The fraction of sp³-hybridized carbons (Fsp3) is 0.571. The predicted molar refractivity (Wildman–Crippen MR) is 68.0 cm³/mol. The summed E-state index contributed by atoms with van der Waals surface area (Å²) in [6.45, 7) is 8.39. The SMILES string of the molecule is CC=C(C)CCC(C)=CCCC(C)=CO. The van der Waals surface area contributed by atoms with Crippen molar-refractivity contribution in [2.75, 3.05) is 0 Å². The second-order valence-electron chi connectivity index (χ2n) is 4.20. The molecule has 0 aliphatic rings. The van der Waals surface area contributed by atoms with Gasteiger partial charge in [0.2, 0.25) is 0 Å². The van der Waals surface area contributed by atoms with Crippen molar-refractivity contribution in [1.29, 1.82) is 0 Å². The highest BCUT2D eigenvalue weighted by atomic mass is 16.2. The number of aliphatic hydroxyl groups excluding tert-OH is 1. The third-order valence-electron chi connectivity index (χ3n) is 2.66. The fourth-order valence-corrected chi connectivity index (χ4v) is 1.25. The van der Waals surface area contributed by atoms with E-state index in [2.05, 4.69) is 32.9 Å². The lowest BCUT2D eigenvalue weighted by Gasteiger charge is -2.02. The molecule has 15 heavy (non-hydrogen) atoms. The molecule has 0 aromatic rings. The van der Waals surface area contributed by atoms with Crippen molar-refractivity contribution in [2.45, 2.75) is 53.4 Å². The molecule has 0 amide bonds. The van der Waals surface area contributed by atoms with Crippen molar-refractivity contribution < 1.29 is 5.11 Å². The van der Waals surface area contributed by atoms with Crippen LogP contribution < -0.4 is 0 Å². The molecule has 0 aliphatic carbocycles. The number of allylic oxidation sites excluding steroid dienone is 5. The first kappa shape index (κ1) is 14.0. The smallest absolute Gasteiger partial charge is 0.0780 e. The van der Waals surface area contributed by atoms with E-state index in [9.17, 15) is 0 Å². The fourth-order valence-electron chi connectivity index (χ4n) is 1.25. The van der Waals surface area contributed by atoms with Crippen molar-refractivity contribution in [3.8, 4) is 0 Å². The first-order valence-electron chi connectivity index (χ1n) is 5.67. The molecule has 0 atom stereocenters. The average molecular weight is 208 g/mol. The second-order valence-corrected chi connectivity index (χ2v) is 4.20. The molecule has 1 nitrogen and oxygen atoms in total. The quantitative estimate of drug-likeness (QED) is 0.485. The lowest BCUT2D eigenvalue weighted by atomic mass is 10.0. The molecule has 0 saturated carbocycles. The topological polar surface area (TPSA) is 20.2 Å². The molecule has 0 saturated heterocycles. The molecule has 0 aliphatic heterocycles. The van der Waals surface area contributed by atoms with Crippen molar-refractivity contribution in [3.63, 3.8) is 0 Å². The molecule has 0 bridgehead atoms. The standard InChI is InChI=1S/C14H24O/c1-5-12(2)9-10-13(3)7-6-8-14(4)11-15/h5,7,11,15H,6,8-10H2,1-4H3. The third-order valence-corrected chi connectivity index (χ3v) is 2.66. The van der Waals surface area contributed by atoms with Gasteiger partial charge in [0.05, 0.1) is 6.26 Å². The van der Waals surface area contributed by atoms with Crippen LogP contribution in [0.3, 0.4) is 0 Å². The lowest BCUT2D eigenvalue weighted by Crippen LogP contribution is -1.82. The minimum Gasteiger partial charge on any atom is -0.516 e. The van der Waals surface area contributed by atoms with Crippen molar-refractivity contribution in [1.82, 2.24) is 0 Å². The summed E-state index contributed by atoms with van der Waals surface area (Å²) >= 11 is 0. The molecule has 0 rings (SSSR count). The third kappa shape index (κ3) is 8.04. The summed E-state index contributed by atoms with van der Waals surface area (Å²) in [6.07, 6.45) is 9.95. The first-order chi connectivity index (χ1) is 7.10. The van der Waals surface area contributed by atoms with Crippen LogP contribution >= 0.6 is 0 Å². The van der Waals surface area contributed by atoms with Crippen molar-refractivity contribution in [3.05, 3.63) is 35.1 Å². The summed E-state index contributed by atoms with van der Waals surface area (Å²) < 4.78 is 0. The van der Waals surface area contributed by atoms with E-state index >= 15 is 0 Å². The van der Waals surface area contributed by atoms with Gasteiger partial charge in [-0.3, -0.25) is 0 Å². The van der Waals surface area contributed by atoms with E-state index in [1.165, 1.54) is 17.4 Å². The van der Waals surface area contributed by atoms with E-state index in [0.717, 1.165) is 31.3 Å². The second kappa shape index (κ2) is 8.34. The normalized spacial score (nSPS) is 14.5. The van der Waals surface area contributed by atoms with Crippen LogP contribution in [0.4, 0.5) is 0 Å². The van der Waals surface area contributed by atoms with E-state index in [1.807, 2.05) is 6.92 Å². The summed E-state index contributed by atoms with van der Waals surface area (Å²) in [5, 5.41) is 8.72. The Bertz CT molecular complexity index is 257. The Morgan fingerprint density at radius 3 is 2.07 bits per heavy atom. The van der Waals surface area contributed by atoms with Crippen LogP contribution in [0.25, 0.3) is 0 Å². The van der Waals surface area contributed by atoms with E-state index in [-0.39, 0.29) is 0 Å². The van der Waals surface area contributed by atoms with Gasteiger partial charge in [-0.05, 0) is 59.0 Å². The maximum Gasteiger partial charge on any atom is 0.0780 e. The summed E-state index contributed by atoms with van der Waals surface area (Å²) in [5.41, 5.74) is 3.94. The van der Waals surface area contributed by atoms with Gasteiger partial charge >= 0.3 is 0 Å². The average Bonchev–Trinajstić information content (AvgIpc) is 2.25. The van der Waals surface area contributed by atoms with Crippen LogP contribution in [0.5, 0.6) is 0 Å².